The molecule has 7 N–H and O–H groups in total. The number of halogens is 1. The molecule has 0 fully saturated rings. The normalized spacial score (nSPS) is 12.1. The first-order valence-electron chi connectivity index (χ1n) is 21.1. The molecule has 0 aliphatic carbocycles. The van der Waals surface area contributed by atoms with Crippen LogP contribution in [0.2, 0.25) is 0 Å². The molecule has 23 nitrogen and oxygen atoms in total. The Hall–Kier alpha value is -8.72. The van der Waals surface area contributed by atoms with E-state index in [1.54, 1.807) is 85.8 Å². The number of rotatable bonds is 16. The topological polar surface area (TPSA) is 324 Å². The molecular formula is C45H40FN15O8S2. The first kappa shape index (κ1) is 48.7. The molecule has 3 amide bonds. The second-order valence-corrected chi connectivity index (χ2v) is 18.7. The number of amides is 3. The molecule has 4 aromatic heterocycles. The maximum Gasteiger partial charge on any atom is 0.270 e. The number of carbonyl (C=O) groups is 3. The molecule has 26 heteroatoms. The van der Waals surface area contributed by atoms with Crippen molar-refractivity contribution in [3.05, 3.63) is 167 Å². The lowest BCUT2D eigenvalue weighted by atomic mass is 10.1. The van der Waals surface area contributed by atoms with Crippen LogP contribution in [0.4, 0.5) is 10.1 Å². The molecule has 8 aromatic rings. The van der Waals surface area contributed by atoms with Crippen LogP contribution in [0.15, 0.2) is 132 Å². The molecule has 9 rings (SSSR count). The highest BCUT2D eigenvalue weighted by atomic mass is 32.2. The number of H-pyrrole nitrogens is 2. The van der Waals surface area contributed by atoms with Crippen LogP contribution in [-0.2, 0) is 51.0 Å². The van der Waals surface area contributed by atoms with Crippen LogP contribution >= 0.6 is 0 Å². The highest BCUT2D eigenvalue weighted by molar-refractivity contribution is 7.89. The van der Waals surface area contributed by atoms with Gasteiger partial charge >= 0.3 is 0 Å². The number of carbonyl (C=O) groups excluding carboxylic acids is 3. The van der Waals surface area contributed by atoms with Crippen molar-refractivity contribution in [3.63, 3.8) is 0 Å². The van der Waals surface area contributed by atoms with E-state index in [2.05, 4.69) is 75.7 Å². The number of benzene rings is 4. The van der Waals surface area contributed by atoms with Gasteiger partial charge in [-0.05, 0) is 52.9 Å². The summed E-state index contributed by atoms with van der Waals surface area (Å²) in [5, 5.41) is 20.5. The lowest BCUT2D eigenvalue weighted by molar-refractivity contribution is -0.118. The van der Waals surface area contributed by atoms with E-state index in [0.717, 1.165) is 35.9 Å². The van der Waals surface area contributed by atoms with E-state index >= 15 is 0 Å². The van der Waals surface area contributed by atoms with E-state index in [-0.39, 0.29) is 66.0 Å². The molecule has 1 aliphatic rings. The number of nitrogens with zero attached hydrogens (tertiary/aromatic N) is 8. The van der Waals surface area contributed by atoms with Gasteiger partial charge in [-0.3, -0.25) is 24.6 Å². The molecule has 0 spiro atoms. The first-order chi connectivity index (χ1) is 34.2. The van der Waals surface area contributed by atoms with Crippen LogP contribution in [0.25, 0.3) is 22.8 Å². The Kier molecular flexibility index (Phi) is 14.9. The van der Waals surface area contributed by atoms with Gasteiger partial charge in [0.05, 0.1) is 5.69 Å². The molecule has 0 saturated carbocycles. The summed E-state index contributed by atoms with van der Waals surface area (Å²) in [6, 6.07) is 26.0. The van der Waals surface area contributed by atoms with Gasteiger partial charge in [-0.1, -0.05) is 66.7 Å². The van der Waals surface area contributed by atoms with Crippen LogP contribution in [-0.4, -0.2) is 91.5 Å². The van der Waals surface area contributed by atoms with Crippen molar-refractivity contribution >= 4 is 43.5 Å². The summed E-state index contributed by atoms with van der Waals surface area (Å²) in [4.78, 5) is 60.1. The average Bonchev–Trinajstić information content (AvgIpc) is 4.14. The summed E-state index contributed by atoms with van der Waals surface area (Å²) >= 11 is 0. The van der Waals surface area contributed by atoms with Crippen molar-refractivity contribution in [2.24, 2.45) is 0 Å². The van der Waals surface area contributed by atoms with Crippen molar-refractivity contribution in [1.29, 1.82) is 0 Å². The SMILES string of the molecule is Cc1cc(CNC(=O)c2cc(S(=O)(=O)NCc3ccc(-c4ncn[nH]4)cc3)ncn2)ccc1F.O=C1COc2ccc(CNC(=O)c3cc(S(=O)(=O)NCc4ccc(-c5ncn[nH]5)cc4)ncn3)cc2N1. The highest BCUT2D eigenvalue weighted by Crippen LogP contribution is 2.28. The number of hydrogen-bond donors (Lipinski definition) is 7. The molecule has 0 unspecified atom stereocenters. The Balaban J connectivity index is 0.000000191. The minimum Gasteiger partial charge on any atom is -0.482 e. The minimum atomic E-state index is -4.01. The maximum atomic E-state index is 13.4. The predicted molar refractivity (Wildman–Crippen MR) is 250 cm³/mol. The minimum absolute atomic E-state index is 0.0170. The maximum absolute atomic E-state index is 13.4. The zero-order chi connectivity index (χ0) is 50.0. The third-order valence-electron chi connectivity index (χ3n) is 10.3. The quantitative estimate of drug-likeness (QED) is 0.0684. The van der Waals surface area contributed by atoms with E-state index < -0.39 is 31.9 Å². The van der Waals surface area contributed by atoms with E-state index in [9.17, 15) is 35.6 Å². The smallest absolute Gasteiger partial charge is 0.270 e. The Morgan fingerprint density at radius 1 is 0.592 bits per heavy atom. The van der Waals surface area contributed by atoms with Crippen molar-refractivity contribution in [3.8, 4) is 28.5 Å². The highest BCUT2D eigenvalue weighted by Gasteiger charge is 2.22. The lowest BCUT2D eigenvalue weighted by Gasteiger charge is -2.18. The van der Waals surface area contributed by atoms with Gasteiger partial charge in [0.2, 0.25) is 0 Å². The fourth-order valence-corrected chi connectivity index (χ4v) is 8.49. The Bertz CT molecular complexity index is 3420. The molecule has 5 heterocycles. The number of ether oxygens (including phenoxy) is 1. The Morgan fingerprint density at radius 2 is 1.07 bits per heavy atom. The molecule has 4 aromatic carbocycles. The van der Waals surface area contributed by atoms with Crippen molar-refractivity contribution in [2.75, 3.05) is 11.9 Å². The molecule has 362 valence electrons. The summed E-state index contributed by atoms with van der Waals surface area (Å²) in [7, 11) is -8.01. The molecule has 0 bridgehead atoms. The number of aromatic nitrogens is 10. The second-order valence-electron chi connectivity index (χ2n) is 15.3. The standard InChI is InChI=1S/C23H20N8O5S.C22H20FN7O3S/c32-20-11-36-19-6-3-15(7-17(19)30-20)9-24-23(33)18-8-21(26-12-25-18)37(34,35)29-10-14-1-4-16(5-2-14)22-27-13-28-31-22;1-14-8-16(4-7-18(14)23)10-24-22(31)19-9-20(26-12-25-19)34(32,33)29-11-15-2-5-17(6-3-15)21-27-13-28-30-21/h1-8,12-13,29H,9-11H2,(H,24,33)(H,30,32)(H,27,28,31);2-9,12-13,29H,10-11H2,1H3,(H,24,31)(H,27,28,30). The van der Waals surface area contributed by atoms with Crippen LogP contribution < -0.4 is 30.1 Å². The number of nitrogens with one attached hydrogen (secondary N) is 7. The third kappa shape index (κ3) is 12.7. The first-order valence-corrected chi connectivity index (χ1v) is 24.1. The summed E-state index contributed by atoms with van der Waals surface area (Å²) in [6.07, 6.45) is 4.83. The second kappa shape index (κ2) is 21.7. The molecular weight excluding hydrogens is 962 g/mol. The zero-order valence-electron chi connectivity index (χ0n) is 37.1. The van der Waals surface area contributed by atoms with Gasteiger partial charge in [0.1, 0.15) is 48.3 Å². The van der Waals surface area contributed by atoms with Gasteiger partial charge in [0.15, 0.2) is 28.3 Å². The van der Waals surface area contributed by atoms with E-state index in [1.807, 2.05) is 0 Å². The number of fused-ring (bicyclic) bond motifs is 1. The van der Waals surface area contributed by atoms with E-state index in [0.29, 0.717) is 50.9 Å². The summed E-state index contributed by atoms with van der Waals surface area (Å²) < 4.78 is 74.6. The number of sulfonamides is 2. The van der Waals surface area contributed by atoms with Crippen LogP contribution in [0.3, 0.4) is 0 Å². The monoisotopic (exact) mass is 1000 g/mol. The number of hydrogen-bond acceptors (Lipinski definition) is 16. The molecule has 0 radical (unpaired) electrons. The summed E-state index contributed by atoms with van der Waals surface area (Å²) in [5.74, 6) is -0.0124. The number of aryl methyl sites for hydroxylation is 1. The number of anilines is 1. The van der Waals surface area contributed by atoms with Crippen molar-refractivity contribution in [1.82, 2.24) is 70.4 Å². The largest absolute Gasteiger partial charge is 0.482 e. The zero-order valence-corrected chi connectivity index (χ0v) is 38.8. The van der Waals surface area contributed by atoms with Gasteiger partial charge in [-0.25, -0.2) is 60.6 Å². The van der Waals surface area contributed by atoms with E-state index in [1.165, 1.54) is 18.7 Å². The van der Waals surface area contributed by atoms with Crippen LogP contribution in [0.1, 0.15) is 48.8 Å². The van der Waals surface area contributed by atoms with Crippen molar-refractivity contribution < 1.29 is 40.3 Å². The average molecular weight is 1000 g/mol. The van der Waals surface area contributed by atoms with Gasteiger partial charge in [0.25, 0.3) is 37.8 Å². The van der Waals surface area contributed by atoms with Gasteiger partial charge in [-0.15, -0.1) is 0 Å². The number of aromatic amines is 2. The van der Waals surface area contributed by atoms with E-state index in [4.69, 9.17) is 4.74 Å². The fourth-order valence-electron chi connectivity index (χ4n) is 6.58. The summed E-state index contributed by atoms with van der Waals surface area (Å²) in [6.45, 7) is 1.87. The Labute approximate surface area is 403 Å². The van der Waals surface area contributed by atoms with Crippen LogP contribution in [0.5, 0.6) is 5.75 Å². The summed E-state index contributed by atoms with van der Waals surface area (Å²) in [5.41, 5.74) is 5.21. The van der Waals surface area contributed by atoms with Crippen molar-refractivity contribution in [2.45, 2.75) is 43.2 Å². The van der Waals surface area contributed by atoms with Gasteiger partial charge in [-0.2, -0.15) is 10.2 Å². The fraction of sp³-hybridized carbons (Fsp3) is 0.133. The lowest BCUT2D eigenvalue weighted by Crippen LogP contribution is -2.27. The molecule has 0 saturated heterocycles. The molecule has 0 atom stereocenters. The Morgan fingerprint density at radius 3 is 1.55 bits per heavy atom. The molecule has 71 heavy (non-hydrogen) atoms. The third-order valence-corrected chi connectivity index (χ3v) is 12.9. The van der Waals surface area contributed by atoms with Gasteiger partial charge in [0, 0.05) is 49.4 Å². The molecule has 1 aliphatic heterocycles. The van der Waals surface area contributed by atoms with Crippen LogP contribution in [0, 0.1) is 12.7 Å². The predicted octanol–water partition coefficient (Wildman–Crippen LogP) is 3.12. The van der Waals surface area contributed by atoms with Gasteiger partial charge < -0.3 is 20.7 Å².